The van der Waals surface area contributed by atoms with Crippen molar-refractivity contribution in [3.05, 3.63) is 27.7 Å². The summed E-state index contributed by atoms with van der Waals surface area (Å²) >= 11 is 11.6. The summed E-state index contributed by atoms with van der Waals surface area (Å²) < 4.78 is 0. The van der Waals surface area contributed by atoms with Gasteiger partial charge < -0.3 is 10.2 Å². The summed E-state index contributed by atoms with van der Waals surface area (Å²) in [4.78, 5) is 0. The molecule has 2 N–H and O–H groups in total. The summed E-state index contributed by atoms with van der Waals surface area (Å²) in [5.74, 6) is -0.129. The minimum Gasteiger partial charge on any atom is -0.505 e. The van der Waals surface area contributed by atoms with Crippen LogP contribution in [0.3, 0.4) is 0 Å². The van der Waals surface area contributed by atoms with Crippen LogP contribution in [0.2, 0.25) is 10.0 Å². The molecule has 0 amide bonds. The van der Waals surface area contributed by atoms with E-state index in [1.54, 1.807) is 12.1 Å². The fourth-order valence-electron chi connectivity index (χ4n) is 1.71. The van der Waals surface area contributed by atoms with Crippen molar-refractivity contribution in [3.8, 4) is 5.75 Å². The number of aromatic hydroxyl groups is 1. The lowest BCUT2D eigenvalue weighted by atomic mass is 10.0. The van der Waals surface area contributed by atoms with Crippen LogP contribution in [0, 0.1) is 0 Å². The first-order valence-corrected chi connectivity index (χ1v) is 6.67. The van der Waals surface area contributed by atoms with Crippen LogP contribution in [0.5, 0.6) is 5.75 Å². The van der Waals surface area contributed by atoms with Crippen LogP contribution in [0.1, 0.15) is 50.7 Å². The SMILES string of the molecule is CCCCCCC(O)c1cc(Cl)c(O)c(Cl)c1. The number of aliphatic hydroxyl groups is 1. The number of hydrogen-bond acceptors (Lipinski definition) is 2. The Morgan fingerprint density at radius 3 is 2.24 bits per heavy atom. The Kier molecular flexibility index (Phi) is 6.10. The highest BCUT2D eigenvalue weighted by Crippen LogP contribution is 2.35. The second-order valence-corrected chi connectivity index (χ2v) is 5.01. The van der Waals surface area contributed by atoms with Gasteiger partial charge in [-0.15, -0.1) is 0 Å². The molecule has 0 aliphatic carbocycles. The van der Waals surface area contributed by atoms with Crippen molar-refractivity contribution in [1.29, 1.82) is 0 Å². The normalized spacial score (nSPS) is 12.7. The van der Waals surface area contributed by atoms with E-state index in [0.717, 1.165) is 12.8 Å². The molecule has 0 fully saturated rings. The standard InChI is InChI=1S/C13H18Cl2O2/c1-2-3-4-5-6-12(16)9-7-10(14)13(17)11(15)8-9/h7-8,12,16-17H,2-6H2,1H3. The highest BCUT2D eigenvalue weighted by Gasteiger charge is 2.12. The second kappa shape index (κ2) is 7.10. The molecule has 0 aromatic heterocycles. The zero-order chi connectivity index (χ0) is 12.8. The van der Waals surface area contributed by atoms with Crippen molar-refractivity contribution >= 4 is 23.2 Å². The van der Waals surface area contributed by atoms with Gasteiger partial charge in [0, 0.05) is 0 Å². The van der Waals surface area contributed by atoms with E-state index in [1.165, 1.54) is 12.8 Å². The number of aliphatic hydroxyl groups excluding tert-OH is 1. The summed E-state index contributed by atoms with van der Waals surface area (Å²) in [6.45, 7) is 2.15. The highest BCUT2D eigenvalue weighted by molar-refractivity contribution is 6.37. The van der Waals surface area contributed by atoms with Gasteiger partial charge >= 0.3 is 0 Å². The van der Waals surface area contributed by atoms with Crippen LogP contribution >= 0.6 is 23.2 Å². The molecule has 1 aromatic rings. The first-order valence-electron chi connectivity index (χ1n) is 5.92. The third kappa shape index (κ3) is 4.38. The van der Waals surface area contributed by atoms with Crippen molar-refractivity contribution in [2.75, 3.05) is 0 Å². The number of benzene rings is 1. The molecule has 0 heterocycles. The molecular formula is C13H18Cl2O2. The molecule has 4 heteroatoms. The molecule has 0 saturated carbocycles. The van der Waals surface area contributed by atoms with Crippen molar-refractivity contribution in [3.63, 3.8) is 0 Å². The lowest BCUT2D eigenvalue weighted by Gasteiger charge is -2.12. The van der Waals surface area contributed by atoms with Gasteiger partial charge in [-0.3, -0.25) is 0 Å². The molecule has 0 bridgehead atoms. The first-order chi connectivity index (χ1) is 8.06. The van der Waals surface area contributed by atoms with Crippen LogP contribution in [-0.4, -0.2) is 10.2 Å². The fraction of sp³-hybridized carbons (Fsp3) is 0.538. The molecule has 96 valence electrons. The van der Waals surface area contributed by atoms with Gasteiger partial charge in [-0.05, 0) is 24.1 Å². The lowest BCUT2D eigenvalue weighted by molar-refractivity contribution is 0.163. The number of halogens is 2. The average molecular weight is 277 g/mol. The zero-order valence-electron chi connectivity index (χ0n) is 9.92. The number of phenolic OH excluding ortho intramolecular Hbond substituents is 1. The molecule has 0 spiro atoms. The number of hydrogen-bond donors (Lipinski definition) is 2. The predicted octanol–water partition coefficient (Wildman–Crippen LogP) is 4.70. The summed E-state index contributed by atoms with van der Waals surface area (Å²) in [5.41, 5.74) is 0.661. The van der Waals surface area contributed by atoms with Gasteiger partial charge in [0.15, 0.2) is 5.75 Å². The van der Waals surface area contributed by atoms with Crippen molar-refractivity contribution in [2.45, 2.75) is 45.1 Å². The summed E-state index contributed by atoms with van der Waals surface area (Å²) in [6.07, 6.45) is 4.58. The first kappa shape index (κ1) is 14.6. The van der Waals surface area contributed by atoms with Gasteiger partial charge in [-0.25, -0.2) is 0 Å². The summed E-state index contributed by atoms with van der Waals surface area (Å²) in [6, 6.07) is 3.13. The molecule has 0 aliphatic heterocycles. The molecule has 17 heavy (non-hydrogen) atoms. The Morgan fingerprint density at radius 2 is 1.71 bits per heavy atom. The lowest BCUT2D eigenvalue weighted by Crippen LogP contribution is -1.97. The number of phenols is 1. The fourth-order valence-corrected chi connectivity index (χ4v) is 2.21. The molecule has 1 atom stereocenters. The maximum absolute atomic E-state index is 9.96. The minimum atomic E-state index is -0.567. The second-order valence-electron chi connectivity index (χ2n) is 4.20. The van der Waals surface area contributed by atoms with Gasteiger partial charge in [-0.1, -0.05) is 55.8 Å². The smallest absolute Gasteiger partial charge is 0.152 e. The van der Waals surface area contributed by atoms with Crippen LogP contribution in [0.25, 0.3) is 0 Å². The van der Waals surface area contributed by atoms with E-state index in [0.29, 0.717) is 12.0 Å². The summed E-state index contributed by atoms with van der Waals surface area (Å²) in [7, 11) is 0. The maximum atomic E-state index is 9.96. The Morgan fingerprint density at radius 1 is 1.12 bits per heavy atom. The minimum absolute atomic E-state index is 0.129. The van der Waals surface area contributed by atoms with Gasteiger partial charge in [0.05, 0.1) is 16.1 Å². The maximum Gasteiger partial charge on any atom is 0.152 e. The molecule has 0 aliphatic rings. The predicted molar refractivity (Wildman–Crippen MR) is 71.8 cm³/mol. The van der Waals surface area contributed by atoms with Crippen LogP contribution in [-0.2, 0) is 0 Å². The third-order valence-electron chi connectivity index (χ3n) is 2.76. The molecule has 1 aromatic carbocycles. The quantitative estimate of drug-likeness (QED) is 0.740. The van der Waals surface area contributed by atoms with Crippen LogP contribution in [0.15, 0.2) is 12.1 Å². The highest BCUT2D eigenvalue weighted by atomic mass is 35.5. The number of rotatable bonds is 6. The van der Waals surface area contributed by atoms with E-state index in [1.807, 2.05) is 0 Å². The molecule has 0 saturated heterocycles. The topological polar surface area (TPSA) is 40.5 Å². The Hall–Kier alpha value is -0.440. The van der Waals surface area contributed by atoms with Gasteiger partial charge in [0.25, 0.3) is 0 Å². The Bertz CT molecular complexity index is 343. The van der Waals surface area contributed by atoms with E-state index >= 15 is 0 Å². The van der Waals surface area contributed by atoms with Crippen LogP contribution in [0.4, 0.5) is 0 Å². The Balaban J connectivity index is 2.60. The van der Waals surface area contributed by atoms with Crippen molar-refractivity contribution in [1.82, 2.24) is 0 Å². The van der Waals surface area contributed by atoms with E-state index < -0.39 is 6.10 Å². The number of unbranched alkanes of at least 4 members (excludes halogenated alkanes) is 3. The largest absolute Gasteiger partial charge is 0.505 e. The molecule has 2 nitrogen and oxygen atoms in total. The van der Waals surface area contributed by atoms with E-state index in [2.05, 4.69) is 6.92 Å². The molecule has 0 radical (unpaired) electrons. The summed E-state index contributed by atoms with van der Waals surface area (Å²) in [5, 5.41) is 19.7. The van der Waals surface area contributed by atoms with E-state index in [9.17, 15) is 10.2 Å². The van der Waals surface area contributed by atoms with E-state index in [-0.39, 0.29) is 15.8 Å². The van der Waals surface area contributed by atoms with E-state index in [4.69, 9.17) is 23.2 Å². The zero-order valence-corrected chi connectivity index (χ0v) is 11.4. The average Bonchev–Trinajstić information content (AvgIpc) is 2.30. The van der Waals surface area contributed by atoms with Crippen molar-refractivity contribution in [2.24, 2.45) is 0 Å². The molecule has 1 rings (SSSR count). The van der Waals surface area contributed by atoms with Gasteiger partial charge in [0.2, 0.25) is 0 Å². The van der Waals surface area contributed by atoms with Crippen LogP contribution < -0.4 is 0 Å². The molecular weight excluding hydrogens is 259 g/mol. The molecule has 1 unspecified atom stereocenters. The monoisotopic (exact) mass is 276 g/mol. The van der Waals surface area contributed by atoms with Gasteiger partial charge in [-0.2, -0.15) is 0 Å². The van der Waals surface area contributed by atoms with Crippen molar-refractivity contribution < 1.29 is 10.2 Å². The van der Waals surface area contributed by atoms with Gasteiger partial charge in [0.1, 0.15) is 0 Å². The Labute approximate surface area is 112 Å². The third-order valence-corrected chi connectivity index (χ3v) is 3.33.